The first-order valence-electron chi connectivity index (χ1n) is 5.22. The van der Waals surface area contributed by atoms with Crippen molar-refractivity contribution in [3.05, 3.63) is 60.2 Å². The molecule has 0 fully saturated rings. The summed E-state index contributed by atoms with van der Waals surface area (Å²) in [7, 11) is 0.168. The van der Waals surface area contributed by atoms with Gasteiger partial charge in [0, 0.05) is 5.75 Å². The van der Waals surface area contributed by atoms with Gasteiger partial charge in [0.1, 0.15) is 6.26 Å². The minimum atomic E-state index is 0.168. The van der Waals surface area contributed by atoms with Crippen molar-refractivity contribution in [1.82, 2.24) is 0 Å². The predicted molar refractivity (Wildman–Crippen MR) is 75.4 cm³/mol. The predicted octanol–water partition coefficient (Wildman–Crippen LogP) is 3.78. The summed E-state index contributed by atoms with van der Waals surface area (Å²) in [5, 5.41) is 0. The highest BCUT2D eigenvalue weighted by Crippen LogP contribution is 2.21. The molecule has 2 aromatic carbocycles. The fourth-order valence-electron chi connectivity index (χ4n) is 1.56. The average Bonchev–Trinajstić information content (AvgIpc) is 2.39. The highest BCUT2D eigenvalue weighted by atomic mass is 32.2. The molecule has 1 unspecified atom stereocenters. The maximum absolute atomic E-state index is 4.27. The number of rotatable bonds is 3. The van der Waals surface area contributed by atoms with E-state index in [1.165, 1.54) is 15.4 Å². The molecule has 0 spiro atoms. The average molecular weight is 247 g/mol. The molecular formula is C14H15S2+. The molecule has 0 bridgehead atoms. The first-order valence-corrected chi connectivity index (χ1v) is 7.48. The van der Waals surface area contributed by atoms with E-state index in [-0.39, 0.29) is 10.9 Å². The lowest BCUT2D eigenvalue weighted by Crippen LogP contribution is -2.00. The van der Waals surface area contributed by atoms with Crippen molar-refractivity contribution in [3.63, 3.8) is 0 Å². The van der Waals surface area contributed by atoms with Crippen LogP contribution in [0.25, 0.3) is 0 Å². The molecule has 0 aliphatic rings. The highest BCUT2D eigenvalue weighted by Gasteiger charge is 2.17. The van der Waals surface area contributed by atoms with Crippen LogP contribution >= 0.6 is 12.6 Å². The van der Waals surface area contributed by atoms with Crippen molar-refractivity contribution >= 4 is 23.5 Å². The summed E-state index contributed by atoms with van der Waals surface area (Å²) in [6, 6.07) is 19.4. The summed E-state index contributed by atoms with van der Waals surface area (Å²) in [4.78, 5) is 2.78. The van der Waals surface area contributed by atoms with E-state index >= 15 is 0 Å². The molecule has 0 aliphatic heterocycles. The first-order chi connectivity index (χ1) is 7.81. The molecule has 82 valence electrons. The molecule has 0 amide bonds. The number of benzene rings is 2. The molecule has 2 heteroatoms. The van der Waals surface area contributed by atoms with E-state index in [1.54, 1.807) is 0 Å². The van der Waals surface area contributed by atoms with Gasteiger partial charge in [-0.3, -0.25) is 0 Å². The number of thiol groups is 1. The van der Waals surface area contributed by atoms with Gasteiger partial charge in [0.05, 0.1) is 10.9 Å². The quantitative estimate of drug-likeness (QED) is 0.619. The van der Waals surface area contributed by atoms with Gasteiger partial charge in [0.15, 0.2) is 9.79 Å². The van der Waals surface area contributed by atoms with Crippen molar-refractivity contribution in [2.45, 2.75) is 15.5 Å². The third kappa shape index (κ3) is 2.63. The van der Waals surface area contributed by atoms with E-state index in [0.717, 1.165) is 5.75 Å². The lowest BCUT2D eigenvalue weighted by atomic mass is 10.2. The summed E-state index contributed by atoms with van der Waals surface area (Å²) >= 11 is 4.27. The largest absolute Gasteiger partial charge is 0.175 e. The van der Waals surface area contributed by atoms with Crippen LogP contribution in [0.2, 0.25) is 0 Å². The minimum absolute atomic E-state index is 0.168. The van der Waals surface area contributed by atoms with Crippen molar-refractivity contribution in [2.75, 3.05) is 6.26 Å². The van der Waals surface area contributed by atoms with Gasteiger partial charge in [-0.05, 0) is 29.8 Å². The zero-order chi connectivity index (χ0) is 11.4. The maximum Gasteiger partial charge on any atom is 0.160 e. The second-order valence-corrected chi connectivity index (χ2v) is 5.91. The lowest BCUT2D eigenvalue weighted by molar-refractivity contribution is 1.33. The molecule has 0 heterocycles. The molecule has 0 N–H and O–H groups in total. The summed E-state index contributed by atoms with van der Waals surface area (Å²) in [6.07, 6.45) is 2.27. The Hall–Kier alpha value is -0.860. The van der Waals surface area contributed by atoms with E-state index in [1.807, 2.05) is 0 Å². The van der Waals surface area contributed by atoms with Crippen molar-refractivity contribution < 1.29 is 0 Å². The Morgan fingerprint density at radius 3 is 2.00 bits per heavy atom. The number of hydrogen-bond donors (Lipinski definition) is 1. The Morgan fingerprint density at radius 1 is 0.875 bits per heavy atom. The molecule has 0 nitrogen and oxygen atoms in total. The molecule has 2 rings (SSSR count). The molecule has 0 aromatic heterocycles. The minimum Gasteiger partial charge on any atom is -0.175 e. The van der Waals surface area contributed by atoms with E-state index in [4.69, 9.17) is 0 Å². The van der Waals surface area contributed by atoms with Gasteiger partial charge in [-0.15, -0.1) is 0 Å². The molecule has 2 aromatic rings. The SMILES string of the molecule is C[S+](c1ccccc1)c1ccc(CS)cc1. The number of hydrogen-bond acceptors (Lipinski definition) is 1. The van der Waals surface area contributed by atoms with Crippen LogP contribution in [0.15, 0.2) is 64.4 Å². The molecule has 0 saturated carbocycles. The van der Waals surface area contributed by atoms with Crippen LogP contribution in [0.3, 0.4) is 0 Å². The van der Waals surface area contributed by atoms with Gasteiger partial charge in [-0.25, -0.2) is 0 Å². The standard InChI is InChI=1S/C14H14S2/c1-16(13-5-3-2-4-6-13)14-9-7-12(11-15)8-10-14/h2-10H,11H2,1H3/p+1. The van der Waals surface area contributed by atoms with Crippen LogP contribution in [0.5, 0.6) is 0 Å². The third-order valence-electron chi connectivity index (χ3n) is 2.56. The summed E-state index contributed by atoms with van der Waals surface area (Å²) in [6.45, 7) is 0. The Morgan fingerprint density at radius 2 is 1.44 bits per heavy atom. The smallest absolute Gasteiger partial charge is 0.160 e. The molecule has 0 radical (unpaired) electrons. The fraction of sp³-hybridized carbons (Fsp3) is 0.143. The first kappa shape index (κ1) is 11.6. The summed E-state index contributed by atoms with van der Waals surface area (Å²) < 4.78 is 0. The highest BCUT2D eigenvalue weighted by molar-refractivity contribution is 7.96. The van der Waals surface area contributed by atoms with Crippen LogP contribution in [0, 0.1) is 0 Å². The van der Waals surface area contributed by atoms with Gasteiger partial charge in [0.25, 0.3) is 0 Å². The summed E-state index contributed by atoms with van der Waals surface area (Å²) in [5.74, 6) is 0.809. The van der Waals surface area contributed by atoms with E-state index in [0.29, 0.717) is 0 Å². The zero-order valence-corrected chi connectivity index (χ0v) is 11.0. The molecule has 16 heavy (non-hydrogen) atoms. The van der Waals surface area contributed by atoms with Gasteiger partial charge < -0.3 is 0 Å². The lowest BCUT2D eigenvalue weighted by Gasteiger charge is -2.02. The molecule has 1 atom stereocenters. The Balaban J connectivity index is 2.24. The van der Waals surface area contributed by atoms with Crippen LogP contribution in [-0.2, 0) is 16.6 Å². The molecular weight excluding hydrogens is 232 g/mol. The van der Waals surface area contributed by atoms with Gasteiger partial charge in [-0.2, -0.15) is 12.6 Å². The normalized spacial score (nSPS) is 12.4. The second-order valence-electron chi connectivity index (χ2n) is 3.63. The van der Waals surface area contributed by atoms with Gasteiger partial charge in [-0.1, -0.05) is 30.3 Å². The van der Waals surface area contributed by atoms with Gasteiger partial charge >= 0.3 is 0 Å². The molecule has 0 aliphatic carbocycles. The van der Waals surface area contributed by atoms with Crippen LogP contribution in [0.1, 0.15) is 5.56 Å². The Kier molecular flexibility index (Phi) is 3.97. The zero-order valence-electron chi connectivity index (χ0n) is 9.26. The van der Waals surface area contributed by atoms with E-state index in [2.05, 4.69) is 73.5 Å². The summed E-state index contributed by atoms with van der Waals surface area (Å²) in [5.41, 5.74) is 1.28. The van der Waals surface area contributed by atoms with Crippen molar-refractivity contribution in [3.8, 4) is 0 Å². The third-order valence-corrected chi connectivity index (χ3v) is 4.88. The topological polar surface area (TPSA) is 0 Å². The van der Waals surface area contributed by atoms with E-state index in [9.17, 15) is 0 Å². The van der Waals surface area contributed by atoms with Gasteiger partial charge in [0.2, 0.25) is 0 Å². The van der Waals surface area contributed by atoms with Crippen LogP contribution < -0.4 is 0 Å². The Bertz CT molecular complexity index is 434. The van der Waals surface area contributed by atoms with Crippen LogP contribution in [-0.4, -0.2) is 6.26 Å². The Labute approximate surface area is 105 Å². The monoisotopic (exact) mass is 247 g/mol. The maximum atomic E-state index is 4.27. The molecule has 0 saturated heterocycles. The van der Waals surface area contributed by atoms with E-state index < -0.39 is 0 Å². The second kappa shape index (κ2) is 5.46. The van der Waals surface area contributed by atoms with Crippen molar-refractivity contribution in [2.24, 2.45) is 0 Å². The van der Waals surface area contributed by atoms with Crippen LogP contribution in [0.4, 0.5) is 0 Å². The fourth-order valence-corrected chi connectivity index (χ4v) is 3.15. The van der Waals surface area contributed by atoms with Crippen molar-refractivity contribution in [1.29, 1.82) is 0 Å².